The molecule has 2 aromatic carbocycles. The number of guanidine groups is 1. The molecule has 0 spiro atoms. The van der Waals surface area contributed by atoms with E-state index >= 15 is 0 Å². The van der Waals surface area contributed by atoms with Gasteiger partial charge in [0.25, 0.3) is 0 Å². The van der Waals surface area contributed by atoms with Gasteiger partial charge in [0.15, 0.2) is 5.96 Å². The van der Waals surface area contributed by atoms with E-state index in [-0.39, 0.29) is 5.91 Å². The fourth-order valence-electron chi connectivity index (χ4n) is 2.42. The summed E-state index contributed by atoms with van der Waals surface area (Å²) in [6, 6.07) is 12.0. The molecule has 0 atom stereocenters. The van der Waals surface area contributed by atoms with Crippen LogP contribution in [0.25, 0.3) is 0 Å². The Hall–Kier alpha value is -3.23. The second-order valence-corrected chi connectivity index (χ2v) is 6.10. The quantitative estimate of drug-likeness (QED) is 0.373. The summed E-state index contributed by atoms with van der Waals surface area (Å²) in [5.74, 6) is 0.956. The van der Waals surface area contributed by atoms with Gasteiger partial charge in [0.2, 0.25) is 5.91 Å². The highest BCUT2D eigenvalue weighted by molar-refractivity contribution is 5.88. The Kier molecular flexibility index (Phi) is 7.88. The normalized spacial score (nSPS) is 11.7. The highest BCUT2D eigenvalue weighted by atomic mass is 19.4. The van der Waals surface area contributed by atoms with Crippen LogP contribution in [0.3, 0.4) is 0 Å². The van der Waals surface area contributed by atoms with Gasteiger partial charge >= 0.3 is 6.18 Å². The van der Waals surface area contributed by atoms with Crippen LogP contribution in [0.15, 0.2) is 53.5 Å². The lowest BCUT2D eigenvalue weighted by atomic mass is 10.1. The summed E-state index contributed by atoms with van der Waals surface area (Å²) in [5, 5.41) is 8.77. The van der Waals surface area contributed by atoms with Gasteiger partial charge in [-0.2, -0.15) is 13.2 Å². The molecule has 0 radical (unpaired) electrons. The number of nitrogens with one attached hydrogen (secondary N) is 3. The van der Waals surface area contributed by atoms with Gasteiger partial charge in [-0.15, -0.1) is 0 Å². The Bertz CT molecular complexity index is 836. The van der Waals surface area contributed by atoms with Crippen molar-refractivity contribution in [3.05, 3.63) is 59.7 Å². The summed E-state index contributed by atoms with van der Waals surface area (Å²) < 4.78 is 43.4. The first-order chi connectivity index (χ1) is 13.8. The number of halogens is 3. The third-order valence-corrected chi connectivity index (χ3v) is 3.78. The molecule has 3 N–H and O–H groups in total. The van der Waals surface area contributed by atoms with Crippen LogP contribution in [0.1, 0.15) is 18.1 Å². The van der Waals surface area contributed by atoms with Crippen LogP contribution >= 0.6 is 0 Å². The Labute approximate surface area is 167 Å². The number of nitrogens with zero attached hydrogens (tertiary/aromatic N) is 1. The minimum atomic E-state index is -4.34. The predicted octanol–water partition coefficient (Wildman–Crippen LogP) is 3.41. The highest BCUT2D eigenvalue weighted by Gasteiger charge is 2.29. The lowest BCUT2D eigenvalue weighted by molar-refractivity contribution is -0.137. The van der Waals surface area contributed by atoms with Crippen molar-refractivity contribution >= 4 is 17.6 Å². The van der Waals surface area contributed by atoms with Gasteiger partial charge in [0.1, 0.15) is 12.4 Å². The zero-order valence-corrected chi connectivity index (χ0v) is 16.1. The van der Waals surface area contributed by atoms with E-state index < -0.39 is 11.7 Å². The van der Waals surface area contributed by atoms with Crippen LogP contribution in [0, 0.1) is 0 Å². The minimum absolute atomic E-state index is 0.160. The molecule has 2 rings (SSSR count). The smallest absolute Gasteiger partial charge is 0.416 e. The van der Waals surface area contributed by atoms with E-state index in [0.717, 1.165) is 12.1 Å². The number of hydrogen-bond acceptors (Lipinski definition) is 3. The summed E-state index contributed by atoms with van der Waals surface area (Å²) in [6.45, 7) is 2.57. The molecule has 0 unspecified atom stereocenters. The maximum Gasteiger partial charge on any atom is 0.416 e. The standard InChI is InChI=1S/C20H23F3N4O2/c1-14(28)27-17-4-3-5-18(12-17)29-11-10-25-19(24-2)26-13-15-6-8-16(9-7-15)20(21,22)23/h3-9,12H,10-11,13H2,1-2H3,(H,27,28)(H2,24,25,26). The van der Waals surface area contributed by atoms with Crippen molar-refractivity contribution in [3.8, 4) is 5.75 Å². The summed E-state index contributed by atoms with van der Waals surface area (Å²) in [5.41, 5.74) is 0.674. The van der Waals surface area contributed by atoms with Crippen molar-refractivity contribution in [2.75, 3.05) is 25.5 Å². The molecule has 1 amide bonds. The number of carbonyl (C=O) groups is 1. The van der Waals surface area contributed by atoms with Gasteiger partial charge in [-0.3, -0.25) is 9.79 Å². The molecule has 2 aromatic rings. The highest BCUT2D eigenvalue weighted by Crippen LogP contribution is 2.29. The molecule has 0 saturated heterocycles. The van der Waals surface area contributed by atoms with Crippen LogP contribution < -0.4 is 20.7 Å². The number of alkyl halides is 3. The molecular formula is C20H23F3N4O2. The number of benzene rings is 2. The number of ether oxygens (including phenoxy) is 1. The third kappa shape index (κ3) is 7.73. The van der Waals surface area contributed by atoms with Crippen molar-refractivity contribution in [2.24, 2.45) is 4.99 Å². The SMILES string of the molecule is CN=C(NCCOc1cccc(NC(C)=O)c1)NCc1ccc(C(F)(F)F)cc1. The van der Waals surface area contributed by atoms with E-state index in [0.29, 0.717) is 42.7 Å². The third-order valence-electron chi connectivity index (χ3n) is 3.78. The van der Waals surface area contributed by atoms with Crippen LogP contribution in [0.4, 0.5) is 18.9 Å². The fraction of sp³-hybridized carbons (Fsp3) is 0.300. The maximum atomic E-state index is 12.6. The van der Waals surface area contributed by atoms with E-state index in [1.54, 1.807) is 31.3 Å². The number of carbonyl (C=O) groups excluding carboxylic acids is 1. The van der Waals surface area contributed by atoms with Gasteiger partial charge in [0.05, 0.1) is 12.1 Å². The Balaban J connectivity index is 1.75. The second kappa shape index (κ2) is 10.4. The average molecular weight is 408 g/mol. The summed E-state index contributed by atoms with van der Waals surface area (Å²) in [7, 11) is 1.60. The molecule has 0 saturated carbocycles. The summed E-state index contributed by atoms with van der Waals surface area (Å²) in [6.07, 6.45) is -4.34. The Morgan fingerprint density at radius 3 is 2.45 bits per heavy atom. The van der Waals surface area contributed by atoms with Gasteiger partial charge in [0, 0.05) is 32.3 Å². The van der Waals surface area contributed by atoms with Crippen LogP contribution in [-0.4, -0.2) is 32.1 Å². The molecule has 0 aromatic heterocycles. The zero-order valence-electron chi connectivity index (χ0n) is 16.1. The van der Waals surface area contributed by atoms with Crippen molar-refractivity contribution in [3.63, 3.8) is 0 Å². The number of aliphatic imine (C=N–C) groups is 1. The van der Waals surface area contributed by atoms with Gasteiger partial charge in [-0.1, -0.05) is 18.2 Å². The van der Waals surface area contributed by atoms with Crippen molar-refractivity contribution in [2.45, 2.75) is 19.6 Å². The molecule has 156 valence electrons. The van der Waals surface area contributed by atoms with E-state index in [1.165, 1.54) is 19.1 Å². The maximum absolute atomic E-state index is 12.6. The first-order valence-corrected chi connectivity index (χ1v) is 8.89. The largest absolute Gasteiger partial charge is 0.492 e. The minimum Gasteiger partial charge on any atom is -0.492 e. The molecule has 6 nitrogen and oxygen atoms in total. The van der Waals surface area contributed by atoms with E-state index in [9.17, 15) is 18.0 Å². The molecule has 0 aliphatic heterocycles. The van der Waals surface area contributed by atoms with Gasteiger partial charge in [-0.25, -0.2) is 0 Å². The molecular weight excluding hydrogens is 385 g/mol. The first-order valence-electron chi connectivity index (χ1n) is 8.89. The van der Waals surface area contributed by atoms with Crippen molar-refractivity contribution in [1.29, 1.82) is 0 Å². The topological polar surface area (TPSA) is 74.8 Å². The molecule has 9 heteroatoms. The molecule has 0 heterocycles. The second-order valence-electron chi connectivity index (χ2n) is 6.10. The monoisotopic (exact) mass is 408 g/mol. The molecule has 0 aliphatic rings. The first kappa shape index (κ1) is 22.1. The van der Waals surface area contributed by atoms with E-state index in [4.69, 9.17) is 4.74 Å². The summed E-state index contributed by atoms with van der Waals surface area (Å²) in [4.78, 5) is 15.1. The van der Waals surface area contributed by atoms with Crippen LogP contribution in [0.5, 0.6) is 5.75 Å². The molecule has 0 fully saturated rings. The van der Waals surface area contributed by atoms with E-state index in [1.807, 2.05) is 0 Å². The number of anilines is 1. The van der Waals surface area contributed by atoms with Crippen molar-refractivity contribution < 1.29 is 22.7 Å². The Morgan fingerprint density at radius 2 is 1.83 bits per heavy atom. The predicted molar refractivity (Wildman–Crippen MR) is 106 cm³/mol. The Morgan fingerprint density at radius 1 is 1.10 bits per heavy atom. The lowest BCUT2D eigenvalue weighted by Crippen LogP contribution is -2.38. The lowest BCUT2D eigenvalue weighted by Gasteiger charge is -2.13. The number of hydrogen-bond donors (Lipinski definition) is 3. The van der Waals surface area contributed by atoms with Gasteiger partial charge in [-0.05, 0) is 29.8 Å². The van der Waals surface area contributed by atoms with Crippen LogP contribution in [-0.2, 0) is 17.5 Å². The average Bonchev–Trinajstić information content (AvgIpc) is 2.67. The number of amides is 1. The zero-order chi connectivity index (χ0) is 21.3. The van der Waals surface area contributed by atoms with Crippen molar-refractivity contribution in [1.82, 2.24) is 10.6 Å². The van der Waals surface area contributed by atoms with Gasteiger partial charge < -0.3 is 20.7 Å². The molecule has 29 heavy (non-hydrogen) atoms. The molecule has 0 bridgehead atoms. The molecule has 0 aliphatic carbocycles. The summed E-state index contributed by atoms with van der Waals surface area (Å²) >= 11 is 0. The fourth-order valence-corrected chi connectivity index (χ4v) is 2.42. The van der Waals surface area contributed by atoms with E-state index in [2.05, 4.69) is 20.9 Å². The number of rotatable bonds is 7. The van der Waals surface area contributed by atoms with Crippen LogP contribution in [0.2, 0.25) is 0 Å².